The van der Waals surface area contributed by atoms with Gasteiger partial charge in [-0.2, -0.15) is 5.10 Å². The van der Waals surface area contributed by atoms with Crippen LogP contribution < -0.4 is 5.32 Å². The van der Waals surface area contributed by atoms with Crippen LogP contribution in [-0.2, 0) is 9.53 Å². The number of fused-ring (bicyclic) bond motifs is 1. The normalized spacial score (nSPS) is 11.7. The van der Waals surface area contributed by atoms with Crippen LogP contribution in [0.2, 0.25) is 0 Å². The van der Waals surface area contributed by atoms with Gasteiger partial charge >= 0.3 is 5.97 Å². The first-order valence-electron chi connectivity index (χ1n) is 7.65. The van der Waals surface area contributed by atoms with Crippen molar-refractivity contribution in [1.82, 2.24) is 10.2 Å². The molecule has 0 aliphatic rings. The number of rotatable bonds is 5. The van der Waals surface area contributed by atoms with Crippen LogP contribution in [0.3, 0.4) is 0 Å². The summed E-state index contributed by atoms with van der Waals surface area (Å²) in [6, 6.07) is 12.5. The molecule has 1 amide bonds. The minimum atomic E-state index is -1.11. The van der Waals surface area contributed by atoms with Gasteiger partial charge in [-0.25, -0.2) is 4.79 Å². The molecule has 26 heavy (non-hydrogen) atoms. The van der Waals surface area contributed by atoms with E-state index in [1.165, 1.54) is 31.2 Å². The van der Waals surface area contributed by atoms with Gasteiger partial charge in [0, 0.05) is 23.2 Å². The van der Waals surface area contributed by atoms with Crippen LogP contribution in [0.4, 0.5) is 11.4 Å². The number of hydrogen-bond acceptors (Lipinski definition) is 6. The minimum Gasteiger partial charge on any atom is -0.448 e. The Bertz CT molecular complexity index is 997. The minimum absolute atomic E-state index is 0.0793. The van der Waals surface area contributed by atoms with Gasteiger partial charge in [0.05, 0.1) is 10.4 Å². The second-order valence-electron chi connectivity index (χ2n) is 5.46. The van der Waals surface area contributed by atoms with Gasteiger partial charge in [-0.3, -0.25) is 20.0 Å². The number of amides is 1. The molecule has 0 fully saturated rings. The predicted molar refractivity (Wildman–Crippen MR) is 92.7 cm³/mol. The zero-order chi connectivity index (χ0) is 18.7. The van der Waals surface area contributed by atoms with E-state index in [4.69, 9.17) is 4.74 Å². The van der Waals surface area contributed by atoms with Gasteiger partial charge in [-0.1, -0.05) is 24.3 Å². The van der Waals surface area contributed by atoms with Crippen LogP contribution >= 0.6 is 0 Å². The highest BCUT2D eigenvalue weighted by Gasteiger charge is 2.22. The fraction of sp³-hybridized carbons (Fsp3) is 0.118. The van der Waals surface area contributed by atoms with Crippen molar-refractivity contribution in [3.63, 3.8) is 0 Å². The maximum absolute atomic E-state index is 12.3. The molecule has 0 saturated carbocycles. The first-order chi connectivity index (χ1) is 12.5. The van der Waals surface area contributed by atoms with Gasteiger partial charge in [-0.15, -0.1) is 0 Å². The number of carbonyl (C=O) groups excluding carboxylic acids is 2. The van der Waals surface area contributed by atoms with Crippen molar-refractivity contribution in [2.45, 2.75) is 13.0 Å². The molecule has 3 rings (SSSR count). The molecule has 9 heteroatoms. The van der Waals surface area contributed by atoms with Crippen molar-refractivity contribution in [1.29, 1.82) is 0 Å². The molecule has 0 unspecified atom stereocenters. The first kappa shape index (κ1) is 17.1. The summed E-state index contributed by atoms with van der Waals surface area (Å²) in [5.74, 6) is -1.36. The number of para-hydroxylation sites is 1. The summed E-state index contributed by atoms with van der Waals surface area (Å²) in [4.78, 5) is 34.6. The highest BCUT2D eigenvalue weighted by molar-refractivity contribution is 6.03. The molecule has 9 nitrogen and oxygen atoms in total. The Labute approximate surface area is 147 Å². The summed E-state index contributed by atoms with van der Waals surface area (Å²) in [7, 11) is 0. The average molecular weight is 354 g/mol. The highest BCUT2D eigenvalue weighted by Crippen LogP contribution is 2.19. The molecule has 2 aromatic carbocycles. The molecular weight excluding hydrogens is 340 g/mol. The number of aromatic amines is 1. The molecule has 0 saturated heterocycles. The lowest BCUT2D eigenvalue weighted by Crippen LogP contribution is -2.30. The SMILES string of the molecule is C[C@H](OC(=O)c1n[nH]c2ccccc12)C(=O)Nc1cccc([N+](=O)[O-])c1. The van der Waals surface area contributed by atoms with Crippen molar-refractivity contribution >= 4 is 34.2 Å². The van der Waals surface area contributed by atoms with Crippen LogP contribution in [-0.4, -0.2) is 33.1 Å². The number of nitro groups is 1. The van der Waals surface area contributed by atoms with Crippen molar-refractivity contribution in [2.24, 2.45) is 0 Å². The Balaban J connectivity index is 1.68. The number of nitrogens with one attached hydrogen (secondary N) is 2. The molecule has 1 heterocycles. The molecule has 1 atom stereocenters. The van der Waals surface area contributed by atoms with Crippen molar-refractivity contribution < 1.29 is 19.2 Å². The number of anilines is 1. The average Bonchev–Trinajstić information content (AvgIpc) is 3.06. The van der Waals surface area contributed by atoms with E-state index in [0.29, 0.717) is 10.9 Å². The molecule has 0 spiro atoms. The van der Waals surface area contributed by atoms with Crippen LogP contribution in [0.5, 0.6) is 0 Å². The van der Waals surface area contributed by atoms with Crippen LogP contribution in [0.25, 0.3) is 10.9 Å². The summed E-state index contributed by atoms with van der Waals surface area (Å²) in [5.41, 5.74) is 0.830. The van der Waals surface area contributed by atoms with Crippen LogP contribution in [0, 0.1) is 10.1 Å². The lowest BCUT2D eigenvalue weighted by molar-refractivity contribution is -0.384. The molecule has 0 aliphatic heterocycles. The topological polar surface area (TPSA) is 127 Å². The zero-order valence-electron chi connectivity index (χ0n) is 13.6. The molecule has 1 aromatic heterocycles. The number of ether oxygens (including phenoxy) is 1. The molecule has 0 bridgehead atoms. The second kappa shape index (κ2) is 7.01. The Hall–Kier alpha value is -3.75. The van der Waals surface area contributed by atoms with Gasteiger partial charge in [0.2, 0.25) is 0 Å². The van der Waals surface area contributed by atoms with Crippen molar-refractivity contribution in [2.75, 3.05) is 5.32 Å². The van der Waals surface area contributed by atoms with E-state index in [9.17, 15) is 19.7 Å². The van der Waals surface area contributed by atoms with Gasteiger partial charge in [0.25, 0.3) is 11.6 Å². The Morgan fingerprint density at radius 2 is 2.00 bits per heavy atom. The van der Waals surface area contributed by atoms with E-state index < -0.39 is 22.9 Å². The van der Waals surface area contributed by atoms with Gasteiger partial charge in [0.1, 0.15) is 0 Å². The smallest absolute Gasteiger partial charge is 0.360 e. The largest absolute Gasteiger partial charge is 0.448 e. The Kier molecular flexibility index (Phi) is 4.61. The number of carbonyl (C=O) groups is 2. The summed E-state index contributed by atoms with van der Waals surface area (Å²) in [6.45, 7) is 1.40. The van der Waals surface area contributed by atoms with E-state index in [1.54, 1.807) is 24.3 Å². The van der Waals surface area contributed by atoms with Gasteiger partial charge < -0.3 is 10.1 Å². The maximum Gasteiger partial charge on any atom is 0.360 e. The van der Waals surface area contributed by atoms with Crippen LogP contribution in [0.1, 0.15) is 17.4 Å². The number of aromatic nitrogens is 2. The zero-order valence-corrected chi connectivity index (χ0v) is 13.6. The number of nitrogens with zero attached hydrogens (tertiary/aromatic N) is 2. The standard InChI is InChI=1S/C17H14N4O5/c1-10(16(22)18-11-5-4-6-12(9-11)21(24)25)26-17(23)15-13-7-2-3-8-14(13)19-20-15/h2-10H,1H3,(H,18,22)(H,19,20)/t10-/m0/s1. The van der Waals surface area contributed by atoms with E-state index in [2.05, 4.69) is 15.5 Å². The quantitative estimate of drug-likeness (QED) is 0.412. The second-order valence-corrected chi connectivity index (χ2v) is 5.46. The third-order valence-electron chi connectivity index (χ3n) is 3.64. The van der Waals surface area contributed by atoms with E-state index in [1.807, 2.05) is 0 Å². The van der Waals surface area contributed by atoms with E-state index in [0.717, 1.165) is 0 Å². The molecule has 3 aromatic rings. The summed E-state index contributed by atoms with van der Waals surface area (Å²) in [6.07, 6.45) is -1.11. The van der Waals surface area contributed by atoms with Crippen LogP contribution in [0.15, 0.2) is 48.5 Å². The summed E-state index contributed by atoms with van der Waals surface area (Å²) in [5, 5.41) is 20.5. The number of hydrogen-bond donors (Lipinski definition) is 2. The lowest BCUT2D eigenvalue weighted by atomic mass is 10.2. The summed E-state index contributed by atoms with van der Waals surface area (Å²) >= 11 is 0. The van der Waals surface area contributed by atoms with Crippen molar-refractivity contribution in [3.8, 4) is 0 Å². The fourth-order valence-electron chi connectivity index (χ4n) is 2.33. The van der Waals surface area contributed by atoms with Gasteiger partial charge in [-0.05, 0) is 19.1 Å². The Morgan fingerprint density at radius 1 is 1.23 bits per heavy atom. The third-order valence-corrected chi connectivity index (χ3v) is 3.64. The van der Waals surface area contributed by atoms with Gasteiger partial charge in [0.15, 0.2) is 11.8 Å². The Morgan fingerprint density at radius 3 is 2.77 bits per heavy atom. The monoisotopic (exact) mass is 354 g/mol. The lowest BCUT2D eigenvalue weighted by Gasteiger charge is -2.12. The number of benzene rings is 2. The third kappa shape index (κ3) is 3.51. The van der Waals surface area contributed by atoms with E-state index >= 15 is 0 Å². The summed E-state index contributed by atoms with van der Waals surface area (Å²) < 4.78 is 5.15. The van der Waals surface area contributed by atoms with Crippen molar-refractivity contribution in [3.05, 3.63) is 64.3 Å². The molecule has 0 aliphatic carbocycles. The molecule has 132 valence electrons. The fourth-order valence-corrected chi connectivity index (χ4v) is 2.33. The molecular formula is C17H14N4O5. The molecule has 2 N–H and O–H groups in total. The number of esters is 1. The first-order valence-corrected chi connectivity index (χ1v) is 7.65. The molecule has 0 radical (unpaired) electrons. The van der Waals surface area contributed by atoms with E-state index in [-0.39, 0.29) is 17.1 Å². The highest BCUT2D eigenvalue weighted by atomic mass is 16.6. The number of nitro benzene ring substituents is 1. The number of non-ortho nitro benzene ring substituents is 1. The number of H-pyrrole nitrogens is 1. The maximum atomic E-state index is 12.3. The predicted octanol–water partition coefficient (Wildman–Crippen LogP) is 2.66.